The highest BCUT2D eigenvalue weighted by molar-refractivity contribution is 9.10. The van der Waals surface area contributed by atoms with Crippen molar-refractivity contribution in [3.8, 4) is 0 Å². The Bertz CT molecular complexity index is 493. The number of rotatable bonds is 7. The summed E-state index contributed by atoms with van der Waals surface area (Å²) >= 11 is 3.22. The van der Waals surface area contributed by atoms with Crippen LogP contribution in [0.1, 0.15) is 25.3 Å². The molecule has 110 valence electrons. The first-order chi connectivity index (χ1) is 9.43. The Morgan fingerprint density at radius 3 is 2.80 bits per heavy atom. The maximum atomic E-state index is 11.7. The largest absolute Gasteiger partial charge is 0.393 e. The summed E-state index contributed by atoms with van der Waals surface area (Å²) in [6.07, 6.45) is 0.912. The van der Waals surface area contributed by atoms with Crippen molar-refractivity contribution >= 4 is 27.5 Å². The average Bonchev–Trinajstić information content (AvgIpc) is 2.40. The van der Waals surface area contributed by atoms with Crippen LogP contribution in [0.3, 0.4) is 0 Å². The van der Waals surface area contributed by atoms with Crippen molar-refractivity contribution in [2.75, 3.05) is 6.54 Å². The molecule has 2 N–H and O–H groups in total. The van der Waals surface area contributed by atoms with Gasteiger partial charge in [-0.3, -0.25) is 14.9 Å². The number of halogens is 1. The monoisotopic (exact) mass is 344 g/mol. The van der Waals surface area contributed by atoms with Gasteiger partial charge in [-0.05, 0) is 18.4 Å². The van der Waals surface area contributed by atoms with Crippen molar-refractivity contribution in [2.45, 2.75) is 32.3 Å². The van der Waals surface area contributed by atoms with E-state index in [1.165, 1.54) is 12.1 Å². The van der Waals surface area contributed by atoms with Crippen LogP contribution in [-0.4, -0.2) is 28.6 Å². The Morgan fingerprint density at radius 1 is 1.55 bits per heavy atom. The van der Waals surface area contributed by atoms with Crippen molar-refractivity contribution in [3.63, 3.8) is 0 Å². The molecule has 1 aromatic carbocycles. The van der Waals surface area contributed by atoms with Gasteiger partial charge in [0.05, 0.1) is 17.4 Å². The first-order valence-corrected chi connectivity index (χ1v) is 7.11. The van der Waals surface area contributed by atoms with Gasteiger partial charge in [-0.1, -0.05) is 28.9 Å². The van der Waals surface area contributed by atoms with Gasteiger partial charge in [0.1, 0.15) is 0 Å². The summed E-state index contributed by atoms with van der Waals surface area (Å²) in [5.74, 6) is -0.178. The first-order valence-electron chi connectivity index (χ1n) is 6.31. The summed E-state index contributed by atoms with van der Waals surface area (Å²) in [5.41, 5.74) is 0.663. The summed E-state index contributed by atoms with van der Waals surface area (Å²) in [6, 6.07) is 4.31. The molecule has 0 bridgehead atoms. The number of hydrogen-bond acceptors (Lipinski definition) is 4. The van der Waals surface area contributed by atoms with Gasteiger partial charge in [0.15, 0.2) is 0 Å². The van der Waals surface area contributed by atoms with Crippen LogP contribution in [0, 0.1) is 10.1 Å². The van der Waals surface area contributed by atoms with E-state index in [9.17, 15) is 20.0 Å². The highest BCUT2D eigenvalue weighted by atomic mass is 79.9. The van der Waals surface area contributed by atoms with Crippen molar-refractivity contribution in [3.05, 3.63) is 38.3 Å². The molecule has 7 heteroatoms. The third kappa shape index (κ3) is 5.26. The Labute approximate surface area is 125 Å². The lowest BCUT2D eigenvalue weighted by atomic mass is 10.1. The van der Waals surface area contributed by atoms with Gasteiger partial charge in [-0.2, -0.15) is 0 Å². The molecule has 0 saturated heterocycles. The summed E-state index contributed by atoms with van der Waals surface area (Å²) in [6.45, 7) is 2.29. The number of nitro groups is 1. The number of nitro benzene ring substituents is 1. The maximum absolute atomic E-state index is 11.7. The summed E-state index contributed by atoms with van der Waals surface area (Å²) in [5, 5.41) is 22.7. The number of carbonyl (C=O) groups is 1. The molecule has 0 fully saturated rings. The van der Waals surface area contributed by atoms with Crippen molar-refractivity contribution in [2.24, 2.45) is 0 Å². The molecule has 0 spiro atoms. The highest BCUT2D eigenvalue weighted by Crippen LogP contribution is 2.23. The lowest BCUT2D eigenvalue weighted by Gasteiger charge is -2.09. The minimum absolute atomic E-state index is 0.0212. The van der Waals surface area contributed by atoms with Crippen LogP contribution in [-0.2, 0) is 11.2 Å². The van der Waals surface area contributed by atoms with Gasteiger partial charge in [-0.25, -0.2) is 0 Å². The van der Waals surface area contributed by atoms with Gasteiger partial charge < -0.3 is 10.4 Å². The topological polar surface area (TPSA) is 92.5 Å². The van der Waals surface area contributed by atoms with E-state index in [1.807, 2.05) is 6.92 Å². The van der Waals surface area contributed by atoms with Gasteiger partial charge in [0.25, 0.3) is 5.69 Å². The molecule has 0 heterocycles. The number of benzene rings is 1. The lowest BCUT2D eigenvalue weighted by Crippen LogP contribution is -2.28. The number of hydrogen-bond donors (Lipinski definition) is 2. The van der Waals surface area contributed by atoms with Gasteiger partial charge >= 0.3 is 0 Å². The van der Waals surface area contributed by atoms with Gasteiger partial charge in [-0.15, -0.1) is 0 Å². The van der Waals surface area contributed by atoms with E-state index in [1.54, 1.807) is 6.07 Å². The third-order valence-electron chi connectivity index (χ3n) is 2.87. The number of nitrogens with one attached hydrogen (secondary N) is 1. The zero-order valence-electron chi connectivity index (χ0n) is 11.1. The molecule has 0 aliphatic carbocycles. The van der Waals surface area contributed by atoms with Crippen LogP contribution in [0.5, 0.6) is 0 Å². The van der Waals surface area contributed by atoms with Gasteiger partial charge in [0.2, 0.25) is 5.91 Å². The van der Waals surface area contributed by atoms with Crippen LogP contribution in [0.2, 0.25) is 0 Å². The number of nitrogens with zero attached hydrogens (tertiary/aromatic N) is 1. The SMILES string of the molecule is CCC(O)CCNC(=O)Cc1ccc([N+](=O)[O-])cc1Br. The predicted molar refractivity (Wildman–Crippen MR) is 78.4 cm³/mol. The average molecular weight is 345 g/mol. The maximum Gasteiger partial charge on any atom is 0.270 e. The van der Waals surface area contributed by atoms with E-state index in [2.05, 4.69) is 21.2 Å². The predicted octanol–water partition coefficient (Wildman–Crippen LogP) is 2.18. The second-order valence-electron chi connectivity index (χ2n) is 4.41. The molecular formula is C13H17BrN2O4. The fourth-order valence-corrected chi connectivity index (χ4v) is 2.12. The molecule has 0 aliphatic heterocycles. The normalized spacial score (nSPS) is 11.9. The molecule has 1 aromatic rings. The van der Waals surface area contributed by atoms with E-state index in [4.69, 9.17) is 0 Å². The summed E-state index contributed by atoms with van der Waals surface area (Å²) in [4.78, 5) is 21.8. The summed E-state index contributed by atoms with van der Waals surface area (Å²) in [7, 11) is 0. The minimum Gasteiger partial charge on any atom is -0.393 e. The van der Waals surface area contributed by atoms with Crippen LogP contribution < -0.4 is 5.32 Å². The summed E-state index contributed by atoms with van der Waals surface area (Å²) < 4.78 is 0.537. The van der Waals surface area contributed by atoms with E-state index in [-0.39, 0.29) is 18.0 Å². The molecular weight excluding hydrogens is 328 g/mol. The Morgan fingerprint density at radius 2 is 2.25 bits per heavy atom. The number of carbonyl (C=O) groups excluding carboxylic acids is 1. The van der Waals surface area contributed by atoms with Crippen molar-refractivity contribution < 1.29 is 14.8 Å². The van der Waals surface area contributed by atoms with Crippen LogP contribution in [0.4, 0.5) is 5.69 Å². The quantitative estimate of drug-likeness (QED) is 0.585. The minimum atomic E-state index is -0.485. The van der Waals surface area contributed by atoms with E-state index in [0.29, 0.717) is 29.4 Å². The number of aliphatic hydroxyl groups is 1. The van der Waals surface area contributed by atoms with E-state index in [0.717, 1.165) is 0 Å². The fourth-order valence-electron chi connectivity index (χ4n) is 1.61. The lowest BCUT2D eigenvalue weighted by molar-refractivity contribution is -0.384. The Kier molecular flexibility index (Phi) is 6.60. The van der Waals surface area contributed by atoms with Crippen LogP contribution in [0.15, 0.2) is 22.7 Å². The molecule has 0 aliphatic rings. The van der Waals surface area contributed by atoms with E-state index >= 15 is 0 Å². The van der Waals surface area contributed by atoms with Crippen molar-refractivity contribution in [1.29, 1.82) is 0 Å². The van der Waals surface area contributed by atoms with Crippen molar-refractivity contribution in [1.82, 2.24) is 5.32 Å². The highest BCUT2D eigenvalue weighted by Gasteiger charge is 2.12. The molecule has 0 saturated carbocycles. The Hall–Kier alpha value is -1.47. The molecule has 1 unspecified atom stereocenters. The first kappa shape index (κ1) is 16.6. The zero-order chi connectivity index (χ0) is 15.1. The molecule has 0 radical (unpaired) electrons. The standard InChI is InChI=1S/C13H17BrN2O4/c1-2-11(17)5-6-15-13(18)7-9-3-4-10(16(19)20)8-12(9)14/h3-4,8,11,17H,2,5-7H2,1H3,(H,15,18). The zero-order valence-corrected chi connectivity index (χ0v) is 12.7. The van der Waals surface area contributed by atoms with Gasteiger partial charge in [0, 0.05) is 23.2 Å². The molecule has 6 nitrogen and oxygen atoms in total. The smallest absolute Gasteiger partial charge is 0.270 e. The number of aliphatic hydroxyl groups excluding tert-OH is 1. The number of amides is 1. The fraction of sp³-hybridized carbons (Fsp3) is 0.462. The molecule has 1 amide bonds. The second-order valence-corrected chi connectivity index (χ2v) is 5.26. The van der Waals surface area contributed by atoms with Crippen LogP contribution in [0.25, 0.3) is 0 Å². The molecule has 1 rings (SSSR count). The third-order valence-corrected chi connectivity index (χ3v) is 3.61. The van der Waals surface area contributed by atoms with Crippen LogP contribution >= 0.6 is 15.9 Å². The molecule has 20 heavy (non-hydrogen) atoms. The molecule has 0 aromatic heterocycles. The number of non-ortho nitro benzene ring substituents is 1. The second kappa shape index (κ2) is 7.96. The van der Waals surface area contributed by atoms with E-state index < -0.39 is 11.0 Å². The Balaban J connectivity index is 2.52. The molecule has 1 atom stereocenters.